The second kappa shape index (κ2) is 9.40. The van der Waals surface area contributed by atoms with Crippen molar-refractivity contribution in [1.29, 1.82) is 0 Å². The van der Waals surface area contributed by atoms with E-state index in [-0.39, 0.29) is 24.6 Å². The van der Waals surface area contributed by atoms with Crippen LogP contribution in [0.3, 0.4) is 0 Å². The summed E-state index contributed by atoms with van der Waals surface area (Å²) in [5.41, 5.74) is 4.03. The van der Waals surface area contributed by atoms with Gasteiger partial charge in [0.1, 0.15) is 6.54 Å². The molecule has 2 atom stereocenters. The number of benzene rings is 1. The van der Waals surface area contributed by atoms with Crippen LogP contribution >= 0.6 is 12.2 Å². The number of esters is 1. The van der Waals surface area contributed by atoms with Gasteiger partial charge in [-0.15, -0.1) is 0 Å². The fraction of sp³-hybridized carbons (Fsp3) is 0.292. The Bertz CT molecular complexity index is 1080. The molecular formula is C24H27N5O2S. The minimum absolute atomic E-state index is 0.0679. The maximum Gasteiger partial charge on any atom is 0.325 e. The molecule has 32 heavy (non-hydrogen) atoms. The van der Waals surface area contributed by atoms with E-state index in [1.807, 2.05) is 49.5 Å². The lowest BCUT2D eigenvalue weighted by molar-refractivity contribution is -0.143. The van der Waals surface area contributed by atoms with Crippen LogP contribution < -0.4 is 10.2 Å². The van der Waals surface area contributed by atoms with Crippen LogP contribution in [0.1, 0.15) is 30.4 Å². The Balaban J connectivity index is 1.75. The maximum atomic E-state index is 12.4. The Labute approximate surface area is 193 Å². The Morgan fingerprint density at radius 3 is 2.59 bits per heavy atom. The lowest BCUT2D eigenvalue weighted by atomic mass is 10.0. The lowest BCUT2D eigenvalue weighted by Gasteiger charge is -2.28. The van der Waals surface area contributed by atoms with Crippen molar-refractivity contribution in [2.45, 2.75) is 19.0 Å². The van der Waals surface area contributed by atoms with E-state index < -0.39 is 0 Å². The predicted octanol–water partition coefficient (Wildman–Crippen LogP) is 3.47. The van der Waals surface area contributed by atoms with Crippen molar-refractivity contribution in [2.24, 2.45) is 0 Å². The summed E-state index contributed by atoms with van der Waals surface area (Å²) in [7, 11) is 4.04. The number of aromatic nitrogens is 2. The van der Waals surface area contributed by atoms with Gasteiger partial charge in [0.2, 0.25) is 0 Å². The summed E-state index contributed by atoms with van der Waals surface area (Å²) in [5.74, 6) is -0.309. The molecule has 3 aromatic rings. The van der Waals surface area contributed by atoms with E-state index in [0.29, 0.717) is 11.7 Å². The molecule has 1 N–H and O–H groups in total. The summed E-state index contributed by atoms with van der Waals surface area (Å²) >= 11 is 5.64. The quantitative estimate of drug-likeness (QED) is 0.438. The van der Waals surface area contributed by atoms with Gasteiger partial charge in [-0.25, -0.2) is 0 Å². The third kappa shape index (κ3) is 4.31. The molecule has 7 nitrogen and oxygen atoms in total. The van der Waals surface area contributed by atoms with Crippen LogP contribution in [0.15, 0.2) is 67.0 Å². The van der Waals surface area contributed by atoms with Crippen LogP contribution in [0.5, 0.6) is 0 Å². The zero-order valence-corrected chi connectivity index (χ0v) is 19.2. The fourth-order valence-electron chi connectivity index (χ4n) is 4.02. The van der Waals surface area contributed by atoms with Crippen molar-refractivity contribution in [1.82, 2.24) is 19.8 Å². The van der Waals surface area contributed by atoms with Gasteiger partial charge >= 0.3 is 5.97 Å². The second-order valence-corrected chi connectivity index (χ2v) is 8.16. The summed E-state index contributed by atoms with van der Waals surface area (Å²) in [6.07, 6.45) is 3.80. The molecular weight excluding hydrogens is 422 g/mol. The first-order valence-corrected chi connectivity index (χ1v) is 11.0. The van der Waals surface area contributed by atoms with E-state index in [4.69, 9.17) is 17.0 Å². The van der Waals surface area contributed by atoms with Crippen molar-refractivity contribution in [2.75, 3.05) is 32.1 Å². The van der Waals surface area contributed by atoms with E-state index in [1.165, 1.54) is 0 Å². The van der Waals surface area contributed by atoms with Gasteiger partial charge in [0.15, 0.2) is 5.11 Å². The van der Waals surface area contributed by atoms with E-state index in [0.717, 1.165) is 22.8 Å². The van der Waals surface area contributed by atoms with Crippen LogP contribution in [-0.2, 0) is 9.53 Å². The van der Waals surface area contributed by atoms with Crippen LogP contribution in [0.25, 0.3) is 5.69 Å². The van der Waals surface area contributed by atoms with Crippen molar-refractivity contribution >= 4 is 29.0 Å². The molecule has 0 aliphatic carbocycles. The van der Waals surface area contributed by atoms with Gasteiger partial charge < -0.3 is 24.4 Å². The van der Waals surface area contributed by atoms with Crippen molar-refractivity contribution in [3.8, 4) is 5.69 Å². The second-order valence-electron chi connectivity index (χ2n) is 7.77. The third-order valence-corrected chi connectivity index (χ3v) is 5.88. The molecule has 3 heterocycles. The number of rotatable bonds is 7. The number of pyridine rings is 1. The number of nitrogens with zero attached hydrogens (tertiary/aromatic N) is 4. The predicted molar refractivity (Wildman–Crippen MR) is 129 cm³/mol. The lowest BCUT2D eigenvalue weighted by Crippen LogP contribution is -2.36. The van der Waals surface area contributed by atoms with Crippen LogP contribution in [0.2, 0.25) is 0 Å². The number of carbonyl (C=O) groups is 1. The zero-order chi connectivity index (χ0) is 22.7. The molecule has 0 spiro atoms. The summed E-state index contributed by atoms with van der Waals surface area (Å²) in [6, 6.07) is 17.8. The molecule has 1 fully saturated rings. The van der Waals surface area contributed by atoms with Crippen molar-refractivity contribution < 1.29 is 9.53 Å². The van der Waals surface area contributed by atoms with Gasteiger partial charge in [-0.1, -0.05) is 6.07 Å². The van der Waals surface area contributed by atoms with Crippen LogP contribution in [0.4, 0.5) is 5.69 Å². The van der Waals surface area contributed by atoms with Gasteiger partial charge in [-0.05, 0) is 67.7 Å². The van der Waals surface area contributed by atoms with Gasteiger partial charge in [-0.3, -0.25) is 9.78 Å². The van der Waals surface area contributed by atoms with Crippen LogP contribution in [-0.4, -0.2) is 52.8 Å². The number of anilines is 1. The van der Waals surface area contributed by atoms with Gasteiger partial charge in [0, 0.05) is 43.6 Å². The topological polar surface area (TPSA) is 62.6 Å². The van der Waals surface area contributed by atoms with Crippen molar-refractivity contribution in [3.63, 3.8) is 0 Å². The first-order valence-electron chi connectivity index (χ1n) is 10.6. The molecule has 1 saturated heterocycles. The van der Waals surface area contributed by atoms with E-state index in [1.54, 1.807) is 13.1 Å². The summed E-state index contributed by atoms with van der Waals surface area (Å²) in [4.78, 5) is 20.9. The molecule has 1 aromatic carbocycles. The summed E-state index contributed by atoms with van der Waals surface area (Å²) in [6.45, 7) is 2.20. The van der Waals surface area contributed by atoms with E-state index >= 15 is 0 Å². The van der Waals surface area contributed by atoms with E-state index in [9.17, 15) is 4.79 Å². The number of hydrogen-bond donors (Lipinski definition) is 1. The fourth-order valence-corrected chi connectivity index (χ4v) is 4.33. The first-order chi connectivity index (χ1) is 15.5. The summed E-state index contributed by atoms with van der Waals surface area (Å²) < 4.78 is 7.35. The zero-order valence-electron chi connectivity index (χ0n) is 18.4. The van der Waals surface area contributed by atoms with Gasteiger partial charge in [0.25, 0.3) is 0 Å². The molecule has 1 aliphatic heterocycles. The minimum Gasteiger partial charge on any atom is -0.465 e. The molecule has 0 radical (unpaired) electrons. The molecule has 2 aromatic heterocycles. The number of thiocarbonyl (C=S) groups is 1. The largest absolute Gasteiger partial charge is 0.465 e. The molecule has 166 valence electrons. The monoisotopic (exact) mass is 449 g/mol. The molecule has 8 heteroatoms. The highest BCUT2D eigenvalue weighted by Crippen LogP contribution is 2.39. The Morgan fingerprint density at radius 1 is 1.16 bits per heavy atom. The SMILES string of the molecule is CCOC(=O)CN1C(=S)N[C@H](c2ccccn2)[C@@H]1c1cccn1-c1ccc(N(C)C)cc1. The van der Waals surface area contributed by atoms with Crippen LogP contribution in [0, 0.1) is 0 Å². The average Bonchev–Trinajstić information content (AvgIpc) is 3.39. The highest BCUT2D eigenvalue weighted by atomic mass is 32.1. The Morgan fingerprint density at radius 2 is 1.94 bits per heavy atom. The van der Waals surface area contributed by atoms with Gasteiger partial charge in [-0.2, -0.15) is 0 Å². The Hall–Kier alpha value is -3.39. The number of ether oxygens (including phenoxy) is 1. The normalized spacial score (nSPS) is 17.8. The average molecular weight is 450 g/mol. The molecule has 4 rings (SSSR count). The molecule has 1 aliphatic rings. The third-order valence-electron chi connectivity index (χ3n) is 5.53. The highest BCUT2D eigenvalue weighted by molar-refractivity contribution is 7.80. The molecule has 0 bridgehead atoms. The Kier molecular flexibility index (Phi) is 6.41. The van der Waals surface area contributed by atoms with E-state index in [2.05, 4.69) is 50.1 Å². The molecule has 0 saturated carbocycles. The highest BCUT2D eigenvalue weighted by Gasteiger charge is 2.42. The molecule has 0 unspecified atom stereocenters. The first kappa shape index (κ1) is 21.8. The summed E-state index contributed by atoms with van der Waals surface area (Å²) in [5, 5.41) is 3.88. The number of nitrogens with one attached hydrogen (secondary N) is 1. The number of carbonyl (C=O) groups excluding carboxylic acids is 1. The maximum absolute atomic E-state index is 12.4. The smallest absolute Gasteiger partial charge is 0.325 e. The minimum atomic E-state index is -0.309. The van der Waals surface area contributed by atoms with Gasteiger partial charge in [0.05, 0.1) is 24.4 Å². The standard InChI is InChI=1S/C24H27N5O2S/c1-4-31-21(30)16-29-23(22(26-24(29)32)19-8-5-6-14-25-19)20-9-7-15-28(20)18-12-10-17(11-13-18)27(2)3/h5-15,22-23H,4,16H2,1-3H3,(H,26,32)/t22-,23+/m1/s1. The van der Waals surface area contributed by atoms with Crippen molar-refractivity contribution in [3.05, 3.63) is 78.4 Å². The molecule has 0 amide bonds. The number of hydrogen-bond acceptors (Lipinski definition) is 5.